The van der Waals surface area contributed by atoms with Crippen molar-refractivity contribution >= 4 is 15.5 Å². The van der Waals surface area contributed by atoms with Gasteiger partial charge in [-0.1, -0.05) is 12.1 Å². The Labute approximate surface area is 111 Å². The highest BCUT2D eigenvalue weighted by molar-refractivity contribution is 7.91. The van der Waals surface area contributed by atoms with Crippen molar-refractivity contribution in [2.75, 3.05) is 11.9 Å². The van der Waals surface area contributed by atoms with Gasteiger partial charge in [-0.05, 0) is 32.4 Å². The standard InChI is InChI=1S/C12H17F2NO3S/c1-12(2,7-8-16)15-9-5-3-4-6-10(9)19(17,18)11(13)14/h3-6,11,15-16H,7-8H2,1-2H3. The van der Waals surface area contributed by atoms with E-state index in [-0.39, 0.29) is 12.3 Å². The van der Waals surface area contributed by atoms with Crippen molar-refractivity contribution in [3.63, 3.8) is 0 Å². The Morgan fingerprint density at radius 3 is 2.42 bits per heavy atom. The second-order valence-electron chi connectivity index (χ2n) is 4.78. The third kappa shape index (κ3) is 3.87. The number of sulfone groups is 1. The molecule has 7 heteroatoms. The summed E-state index contributed by atoms with van der Waals surface area (Å²) in [6.45, 7) is 3.40. The lowest BCUT2D eigenvalue weighted by molar-refractivity contribution is 0.234. The van der Waals surface area contributed by atoms with Gasteiger partial charge in [-0.25, -0.2) is 8.42 Å². The number of rotatable bonds is 6. The van der Waals surface area contributed by atoms with Crippen molar-refractivity contribution < 1.29 is 22.3 Å². The van der Waals surface area contributed by atoms with Gasteiger partial charge in [0.1, 0.15) is 0 Å². The molecule has 0 aliphatic rings. The Hall–Kier alpha value is -1.21. The summed E-state index contributed by atoms with van der Waals surface area (Å²) in [6, 6.07) is 5.51. The average Bonchev–Trinajstić information content (AvgIpc) is 2.28. The van der Waals surface area contributed by atoms with Gasteiger partial charge in [-0.15, -0.1) is 0 Å². The summed E-state index contributed by atoms with van der Waals surface area (Å²) in [5.74, 6) is -3.46. The summed E-state index contributed by atoms with van der Waals surface area (Å²) in [6.07, 6.45) is 0.357. The SMILES string of the molecule is CC(C)(CCO)Nc1ccccc1S(=O)(=O)C(F)F. The topological polar surface area (TPSA) is 66.4 Å². The molecular formula is C12H17F2NO3S. The van der Waals surface area contributed by atoms with E-state index in [0.717, 1.165) is 6.07 Å². The molecule has 1 rings (SSSR count). The maximum absolute atomic E-state index is 12.6. The molecule has 19 heavy (non-hydrogen) atoms. The zero-order valence-corrected chi connectivity index (χ0v) is 11.5. The first kappa shape index (κ1) is 15.8. The summed E-state index contributed by atoms with van der Waals surface area (Å²) in [5.41, 5.74) is -0.496. The number of alkyl halides is 2. The molecule has 0 heterocycles. The number of anilines is 1. The number of hydrogen-bond donors (Lipinski definition) is 2. The molecule has 2 N–H and O–H groups in total. The molecule has 0 unspecified atom stereocenters. The quantitative estimate of drug-likeness (QED) is 0.844. The third-order valence-corrected chi connectivity index (χ3v) is 4.08. The van der Waals surface area contributed by atoms with Crippen LogP contribution < -0.4 is 5.32 Å². The lowest BCUT2D eigenvalue weighted by Gasteiger charge is -2.28. The van der Waals surface area contributed by atoms with Gasteiger partial charge in [-0.2, -0.15) is 8.78 Å². The van der Waals surface area contributed by atoms with Crippen molar-refractivity contribution in [3.05, 3.63) is 24.3 Å². The Bertz CT molecular complexity index is 530. The van der Waals surface area contributed by atoms with Gasteiger partial charge in [0.05, 0.1) is 10.6 Å². The lowest BCUT2D eigenvalue weighted by atomic mass is 10.0. The van der Waals surface area contributed by atoms with Crippen LogP contribution in [0, 0.1) is 0 Å². The third-order valence-electron chi connectivity index (χ3n) is 2.64. The van der Waals surface area contributed by atoms with Crippen LogP contribution in [0.1, 0.15) is 20.3 Å². The largest absolute Gasteiger partial charge is 0.396 e. The van der Waals surface area contributed by atoms with Gasteiger partial charge in [0.15, 0.2) is 0 Å². The van der Waals surface area contributed by atoms with E-state index >= 15 is 0 Å². The highest BCUT2D eigenvalue weighted by Gasteiger charge is 2.30. The molecule has 0 radical (unpaired) electrons. The van der Waals surface area contributed by atoms with E-state index in [1.807, 2.05) is 0 Å². The van der Waals surface area contributed by atoms with Gasteiger partial charge < -0.3 is 10.4 Å². The summed E-state index contributed by atoms with van der Waals surface area (Å²) in [7, 11) is -4.65. The highest BCUT2D eigenvalue weighted by atomic mass is 32.2. The minimum absolute atomic E-state index is 0.0935. The van der Waals surface area contributed by atoms with Gasteiger partial charge in [0.2, 0.25) is 9.84 Å². The number of benzene rings is 1. The molecule has 108 valence electrons. The smallest absolute Gasteiger partial charge is 0.341 e. The Balaban J connectivity index is 3.18. The van der Waals surface area contributed by atoms with E-state index in [0.29, 0.717) is 6.42 Å². The molecule has 0 amide bonds. The Morgan fingerprint density at radius 1 is 1.32 bits per heavy atom. The van der Waals surface area contributed by atoms with Crippen molar-refractivity contribution in [2.45, 2.75) is 36.5 Å². The van der Waals surface area contributed by atoms with Crippen molar-refractivity contribution in [3.8, 4) is 0 Å². The van der Waals surface area contributed by atoms with E-state index in [9.17, 15) is 17.2 Å². The fourth-order valence-corrected chi connectivity index (χ4v) is 2.51. The van der Waals surface area contributed by atoms with Crippen LogP contribution in [-0.2, 0) is 9.84 Å². The summed E-state index contributed by atoms with van der Waals surface area (Å²) in [4.78, 5) is -0.434. The predicted molar refractivity (Wildman–Crippen MR) is 69.0 cm³/mol. The molecule has 1 aromatic carbocycles. The van der Waals surface area contributed by atoms with Gasteiger partial charge in [0, 0.05) is 12.1 Å². The Morgan fingerprint density at radius 2 is 1.89 bits per heavy atom. The first-order valence-electron chi connectivity index (χ1n) is 5.71. The van der Waals surface area contributed by atoms with Crippen LogP contribution in [0.4, 0.5) is 14.5 Å². The molecule has 0 atom stereocenters. The molecule has 0 bridgehead atoms. The molecule has 0 saturated heterocycles. The zero-order chi connectivity index (χ0) is 14.7. The van der Waals surface area contributed by atoms with Crippen LogP contribution in [0.25, 0.3) is 0 Å². The normalized spacial score (nSPS) is 12.7. The molecule has 0 aromatic heterocycles. The number of halogens is 2. The second kappa shape index (κ2) is 5.83. The van der Waals surface area contributed by atoms with E-state index in [1.165, 1.54) is 12.1 Å². The molecule has 0 fully saturated rings. The van der Waals surface area contributed by atoms with E-state index in [4.69, 9.17) is 5.11 Å². The first-order valence-corrected chi connectivity index (χ1v) is 7.25. The fourth-order valence-electron chi connectivity index (χ4n) is 1.62. The first-order chi connectivity index (χ1) is 8.70. The maximum Gasteiger partial charge on any atom is 0.341 e. The monoisotopic (exact) mass is 293 g/mol. The Kier molecular flexibility index (Phi) is 4.86. The van der Waals surface area contributed by atoms with Crippen LogP contribution in [-0.4, -0.2) is 31.4 Å². The molecular weight excluding hydrogens is 276 g/mol. The number of hydrogen-bond acceptors (Lipinski definition) is 4. The van der Waals surface area contributed by atoms with E-state index in [2.05, 4.69) is 5.32 Å². The van der Waals surface area contributed by atoms with Crippen LogP contribution in [0.15, 0.2) is 29.2 Å². The maximum atomic E-state index is 12.6. The fraction of sp³-hybridized carbons (Fsp3) is 0.500. The van der Waals surface area contributed by atoms with Gasteiger partial charge >= 0.3 is 5.76 Å². The van der Waals surface area contributed by atoms with Crippen LogP contribution in [0.3, 0.4) is 0 Å². The lowest BCUT2D eigenvalue weighted by Crippen LogP contribution is -2.32. The molecule has 0 aliphatic carbocycles. The number of aliphatic hydroxyl groups excluding tert-OH is 1. The van der Waals surface area contributed by atoms with Gasteiger partial charge in [-0.3, -0.25) is 0 Å². The van der Waals surface area contributed by atoms with E-state index < -0.39 is 26.0 Å². The minimum Gasteiger partial charge on any atom is -0.396 e. The van der Waals surface area contributed by atoms with E-state index in [1.54, 1.807) is 19.9 Å². The van der Waals surface area contributed by atoms with Crippen molar-refractivity contribution in [2.24, 2.45) is 0 Å². The molecule has 4 nitrogen and oxygen atoms in total. The number of nitrogens with one attached hydrogen (secondary N) is 1. The number of para-hydroxylation sites is 1. The second-order valence-corrected chi connectivity index (χ2v) is 6.67. The molecule has 0 spiro atoms. The van der Waals surface area contributed by atoms with Crippen LogP contribution >= 0.6 is 0 Å². The van der Waals surface area contributed by atoms with Crippen molar-refractivity contribution in [1.29, 1.82) is 0 Å². The summed E-state index contributed by atoms with van der Waals surface area (Å²) >= 11 is 0. The summed E-state index contributed by atoms with van der Waals surface area (Å²) < 4.78 is 48.3. The average molecular weight is 293 g/mol. The minimum atomic E-state index is -4.65. The molecule has 1 aromatic rings. The molecule has 0 saturated carbocycles. The van der Waals surface area contributed by atoms with Crippen LogP contribution in [0.2, 0.25) is 0 Å². The van der Waals surface area contributed by atoms with Crippen molar-refractivity contribution in [1.82, 2.24) is 0 Å². The van der Waals surface area contributed by atoms with Crippen LogP contribution in [0.5, 0.6) is 0 Å². The highest BCUT2D eigenvalue weighted by Crippen LogP contribution is 2.28. The summed E-state index contributed by atoms with van der Waals surface area (Å²) in [5, 5.41) is 11.8. The molecule has 0 aliphatic heterocycles. The van der Waals surface area contributed by atoms with Gasteiger partial charge in [0.25, 0.3) is 0 Å². The predicted octanol–water partition coefficient (Wildman–Crippen LogP) is 2.26. The number of aliphatic hydroxyl groups is 1. The zero-order valence-electron chi connectivity index (χ0n) is 10.7.